The molecule has 7 nitrogen and oxygen atoms in total. The maximum absolute atomic E-state index is 13.4. The van der Waals surface area contributed by atoms with E-state index in [1.54, 1.807) is 42.5 Å². The number of nitrogens with zero attached hydrogens (tertiary/aromatic N) is 3. The topological polar surface area (TPSA) is 79.7 Å². The maximum Gasteiger partial charge on any atom is 0.243 e. The first-order valence-corrected chi connectivity index (χ1v) is 13.8. The molecule has 176 valence electrons. The summed E-state index contributed by atoms with van der Waals surface area (Å²) in [5, 5.41) is 0.840. The third-order valence-corrected chi connectivity index (χ3v) is 10.0. The minimum absolute atomic E-state index is 0.113. The zero-order chi connectivity index (χ0) is 23.8. The lowest BCUT2D eigenvalue weighted by molar-refractivity contribution is 0.404. The largest absolute Gasteiger partial charge is 0.344 e. The van der Waals surface area contributed by atoms with E-state index < -0.39 is 20.0 Å². The number of hydrogen-bond donors (Lipinski definition) is 0. The molecule has 1 fully saturated rings. The van der Waals surface area contributed by atoms with Crippen molar-refractivity contribution < 1.29 is 16.8 Å². The number of fused-ring (bicyclic) bond motifs is 1. The molecule has 0 bridgehead atoms. The Morgan fingerprint density at radius 1 is 0.818 bits per heavy atom. The number of allylic oxidation sites excluding steroid dienone is 1. The molecular formula is C24H29N3O4S2. The molecule has 4 rings (SSSR count). The Bertz CT molecular complexity index is 1410. The zero-order valence-electron chi connectivity index (χ0n) is 18.9. The van der Waals surface area contributed by atoms with Gasteiger partial charge in [-0.3, -0.25) is 0 Å². The van der Waals surface area contributed by atoms with Gasteiger partial charge in [0.15, 0.2) is 0 Å². The summed E-state index contributed by atoms with van der Waals surface area (Å²) in [5.41, 5.74) is 2.88. The van der Waals surface area contributed by atoms with Crippen LogP contribution in [0.5, 0.6) is 0 Å². The van der Waals surface area contributed by atoms with Crippen molar-refractivity contribution in [3.8, 4) is 0 Å². The van der Waals surface area contributed by atoms with Crippen molar-refractivity contribution in [3.63, 3.8) is 0 Å². The molecule has 3 aromatic rings. The molecule has 1 saturated heterocycles. The second kappa shape index (κ2) is 9.06. The molecule has 0 aliphatic carbocycles. The normalized spacial score (nSPS) is 16.7. The van der Waals surface area contributed by atoms with Gasteiger partial charge < -0.3 is 4.57 Å². The molecule has 0 N–H and O–H groups in total. The Morgan fingerprint density at radius 2 is 1.42 bits per heavy atom. The Balaban J connectivity index is 1.56. The Labute approximate surface area is 196 Å². The third-order valence-electron chi connectivity index (χ3n) is 6.24. The average molecular weight is 488 g/mol. The summed E-state index contributed by atoms with van der Waals surface area (Å²) in [5.74, 6) is 0. The lowest BCUT2D eigenvalue weighted by atomic mass is 10.1. The summed E-state index contributed by atoms with van der Waals surface area (Å²) in [6, 6.07) is 12.1. The quantitative estimate of drug-likeness (QED) is 0.498. The van der Waals surface area contributed by atoms with Crippen molar-refractivity contribution in [2.45, 2.75) is 36.6 Å². The fourth-order valence-corrected chi connectivity index (χ4v) is 7.22. The number of rotatable bonds is 6. The van der Waals surface area contributed by atoms with Crippen molar-refractivity contribution in [2.75, 3.05) is 26.2 Å². The standard InChI is InChI=1S/C24H29N3O4S2/c1-4-11-25-14-10-21-18-23(8-9-24(21)25)33(30,31)27-13-5-12-26(15-16-27)32(28,29)22-7-6-19(2)20(3)17-22/h4,6-10,14,17-18H,1,5,11-13,15-16H2,2-3H3. The molecule has 2 heterocycles. The molecule has 9 heteroatoms. The summed E-state index contributed by atoms with van der Waals surface area (Å²) in [4.78, 5) is 0.466. The highest BCUT2D eigenvalue weighted by Crippen LogP contribution is 2.25. The van der Waals surface area contributed by atoms with E-state index in [4.69, 9.17) is 0 Å². The van der Waals surface area contributed by atoms with E-state index >= 15 is 0 Å². The molecule has 0 spiro atoms. The molecule has 0 saturated carbocycles. The van der Waals surface area contributed by atoms with E-state index in [2.05, 4.69) is 6.58 Å². The minimum atomic E-state index is -3.74. The van der Waals surface area contributed by atoms with Gasteiger partial charge in [0.2, 0.25) is 20.0 Å². The monoisotopic (exact) mass is 487 g/mol. The number of aryl methyl sites for hydroxylation is 2. The van der Waals surface area contributed by atoms with Crippen LogP contribution in [0, 0.1) is 13.8 Å². The number of benzene rings is 2. The molecule has 0 atom stereocenters. The van der Waals surface area contributed by atoms with E-state index in [-0.39, 0.29) is 36.0 Å². The van der Waals surface area contributed by atoms with Crippen LogP contribution in [0.1, 0.15) is 17.5 Å². The van der Waals surface area contributed by atoms with Crippen LogP contribution in [-0.2, 0) is 26.6 Å². The fourth-order valence-electron chi connectivity index (χ4n) is 4.16. The summed E-state index contributed by atoms with van der Waals surface area (Å²) < 4.78 is 57.9. The second-order valence-electron chi connectivity index (χ2n) is 8.39. The summed E-state index contributed by atoms with van der Waals surface area (Å²) in [7, 11) is -7.43. The van der Waals surface area contributed by atoms with Crippen LogP contribution in [0.2, 0.25) is 0 Å². The Morgan fingerprint density at radius 3 is 2.03 bits per heavy atom. The second-order valence-corrected chi connectivity index (χ2v) is 12.3. The Hall–Kier alpha value is -2.46. The molecule has 33 heavy (non-hydrogen) atoms. The summed E-state index contributed by atoms with van der Waals surface area (Å²) in [6.45, 7) is 9.00. The first-order valence-electron chi connectivity index (χ1n) is 10.9. The lowest BCUT2D eigenvalue weighted by Crippen LogP contribution is -2.37. The molecular weight excluding hydrogens is 458 g/mol. The molecule has 1 aromatic heterocycles. The molecule has 0 amide bonds. The third kappa shape index (κ3) is 4.50. The van der Waals surface area contributed by atoms with Crippen LogP contribution in [0.15, 0.2) is 71.1 Å². The zero-order valence-corrected chi connectivity index (χ0v) is 20.6. The number of aromatic nitrogens is 1. The van der Waals surface area contributed by atoms with E-state index in [1.165, 1.54) is 8.61 Å². The first kappa shape index (κ1) is 23.7. The van der Waals surface area contributed by atoms with Crippen molar-refractivity contribution in [1.29, 1.82) is 0 Å². The van der Waals surface area contributed by atoms with Gasteiger partial charge in [-0.15, -0.1) is 6.58 Å². The number of sulfonamides is 2. The van der Waals surface area contributed by atoms with Gasteiger partial charge in [0.25, 0.3) is 0 Å². The van der Waals surface area contributed by atoms with Crippen molar-refractivity contribution >= 4 is 30.9 Å². The van der Waals surface area contributed by atoms with Gasteiger partial charge in [0.1, 0.15) is 0 Å². The van der Waals surface area contributed by atoms with Gasteiger partial charge in [-0.2, -0.15) is 8.61 Å². The maximum atomic E-state index is 13.4. The molecule has 1 aliphatic heterocycles. The van der Waals surface area contributed by atoms with Gasteiger partial charge in [-0.1, -0.05) is 12.1 Å². The predicted molar refractivity (Wildman–Crippen MR) is 130 cm³/mol. The van der Waals surface area contributed by atoms with Crippen LogP contribution in [0.4, 0.5) is 0 Å². The minimum Gasteiger partial charge on any atom is -0.344 e. The molecule has 1 aliphatic rings. The number of hydrogen-bond acceptors (Lipinski definition) is 4. The van der Waals surface area contributed by atoms with Crippen molar-refractivity contribution in [2.24, 2.45) is 0 Å². The van der Waals surface area contributed by atoms with Gasteiger partial charge in [-0.05, 0) is 67.8 Å². The summed E-state index contributed by atoms with van der Waals surface area (Å²) >= 11 is 0. The lowest BCUT2D eigenvalue weighted by Gasteiger charge is -2.22. The molecule has 0 radical (unpaired) electrons. The Kier molecular flexibility index (Phi) is 6.50. The highest BCUT2D eigenvalue weighted by Gasteiger charge is 2.32. The highest BCUT2D eigenvalue weighted by atomic mass is 32.2. The van der Waals surface area contributed by atoms with Crippen LogP contribution in [0.3, 0.4) is 0 Å². The highest BCUT2D eigenvalue weighted by molar-refractivity contribution is 7.89. The van der Waals surface area contributed by atoms with E-state index in [0.717, 1.165) is 22.0 Å². The van der Waals surface area contributed by atoms with Crippen LogP contribution >= 0.6 is 0 Å². The van der Waals surface area contributed by atoms with Gasteiger partial charge >= 0.3 is 0 Å². The smallest absolute Gasteiger partial charge is 0.243 e. The van der Waals surface area contributed by atoms with Gasteiger partial charge in [0, 0.05) is 49.8 Å². The predicted octanol–water partition coefficient (Wildman–Crippen LogP) is 3.53. The average Bonchev–Trinajstić information content (AvgIpc) is 3.00. The SMILES string of the molecule is C=CCn1ccc2cc(S(=O)(=O)N3CCCN(S(=O)(=O)c4ccc(C)c(C)c4)CC3)ccc21. The van der Waals surface area contributed by atoms with Crippen LogP contribution in [0.25, 0.3) is 10.9 Å². The van der Waals surface area contributed by atoms with Crippen molar-refractivity contribution in [1.82, 2.24) is 13.2 Å². The first-order chi connectivity index (χ1) is 15.6. The molecule has 2 aromatic carbocycles. The molecule has 0 unspecified atom stereocenters. The van der Waals surface area contributed by atoms with Crippen LogP contribution in [-0.4, -0.2) is 56.2 Å². The van der Waals surface area contributed by atoms with Crippen molar-refractivity contribution in [3.05, 3.63) is 72.4 Å². The van der Waals surface area contributed by atoms with Gasteiger partial charge in [-0.25, -0.2) is 16.8 Å². The van der Waals surface area contributed by atoms with E-state index in [1.807, 2.05) is 30.7 Å². The summed E-state index contributed by atoms with van der Waals surface area (Å²) in [6.07, 6.45) is 4.13. The van der Waals surface area contributed by atoms with Crippen LogP contribution < -0.4 is 0 Å². The van der Waals surface area contributed by atoms with E-state index in [0.29, 0.717) is 13.0 Å². The van der Waals surface area contributed by atoms with E-state index in [9.17, 15) is 16.8 Å². The van der Waals surface area contributed by atoms with Gasteiger partial charge in [0.05, 0.1) is 9.79 Å². The fraction of sp³-hybridized carbons (Fsp3) is 0.333.